The lowest BCUT2D eigenvalue weighted by molar-refractivity contribution is 0.112. The lowest BCUT2D eigenvalue weighted by Crippen LogP contribution is -2.28. The van der Waals surface area contributed by atoms with Crippen LogP contribution in [0, 0.1) is 0 Å². The largest absolute Gasteiger partial charge is 0.493 e. The summed E-state index contributed by atoms with van der Waals surface area (Å²) in [4.78, 5) is 13.1. The van der Waals surface area contributed by atoms with E-state index < -0.39 is 0 Å². The zero-order valence-electron chi connectivity index (χ0n) is 8.86. The lowest BCUT2D eigenvalue weighted by atomic mass is 10.1. The number of hydrogen-bond acceptors (Lipinski definition) is 4. The highest BCUT2D eigenvalue weighted by Gasteiger charge is 2.19. The van der Waals surface area contributed by atoms with Gasteiger partial charge in [0.1, 0.15) is 5.00 Å². The predicted octanol–water partition coefficient (Wildman–Crippen LogP) is 2.56. The van der Waals surface area contributed by atoms with E-state index in [0.717, 1.165) is 30.1 Å². The molecule has 0 atom stereocenters. The maximum atomic E-state index is 10.8. The SMILES string of the molecule is COc1c(C=O)csc1N1CCCCC1. The second-order valence-corrected chi connectivity index (χ2v) is 4.55. The first kappa shape index (κ1) is 10.5. The highest BCUT2D eigenvalue weighted by molar-refractivity contribution is 7.15. The standard InChI is InChI=1S/C11H15NO2S/c1-14-10-9(7-13)8-15-11(10)12-5-3-2-4-6-12/h7-8H,2-6H2,1H3. The Hall–Kier alpha value is -1.03. The molecule has 15 heavy (non-hydrogen) atoms. The van der Waals surface area contributed by atoms with Crippen molar-refractivity contribution in [2.45, 2.75) is 19.3 Å². The van der Waals surface area contributed by atoms with Gasteiger partial charge in [-0.05, 0) is 19.3 Å². The minimum Gasteiger partial charge on any atom is -0.493 e. The van der Waals surface area contributed by atoms with Crippen molar-refractivity contribution in [2.24, 2.45) is 0 Å². The zero-order valence-corrected chi connectivity index (χ0v) is 9.68. The Kier molecular flexibility index (Phi) is 3.26. The number of anilines is 1. The molecule has 0 bridgehead atoms. The van der Waals surface area contributed by atoms with Crippen LogP contribution >= 0.6 is 11.3 Å². The molecule has 1 aliphatic heterocycles. The van der Waals surface area contributed by atoms with Gasteiger partial charge in [0.05, 0.1) is 12.7 Å². The van der Waals surface area contributed by atoms with Crippen LogP contribution in [0.3, 0.4) is 0 Å². The van der Waals surface area contributed by atoms with Crippen LogP contribution in [0.1, 0.15) is 29.6 Å². The van der Waals surface area contributed by atoms with Crippen molar-refractivity contribution in [1.29, 1.82) is 0 Å². The molecule has 0 amide bonds. The molecular formula is C11H15NO2S. The average Bonchev–Trinajstić information content (AvgIpc) is 2.72. The molecule has 0 unspecified atom stereocenters. The summed E-state index contributed by atoms with van der Waals surface area (Å²) in [7, 11) is 1.63. The quantitative estimate of drug-likeness (QED) is 0.740. The third-order valence-electron chi connectivity index (χ3n) is 2.73. The molecule has 1 aromatic heterocycles. The summed E-state index contributed by atoms with van der Waals surface area (Å²) in [5, 5.41) is 2.98. The van der Waals surface area contributed by atoms with Gasteiger partial charge in [-0.1, -0.05) is 0 Å². The topological polar surface area (TPSA) is 29.5 Å². The van der Waals surface area contributed by atoms with Crippen molar-refractivity contribution in [3.05, 3.63) is 10.9 Å². The van der Waals surface area contributed by atoms with E-state index in [1.807, 2.05) is 5.38 Å². The number of thiophene rings is 1. The normalized spacial score (nSPS) is 16.5. The van der Waals surface area contributed by atoms with Crippen LogP contribution in [0.4, 0.5) is 5.00 Å². The Morgan fingerprint density at radius 1 is 1.40 bits per heavy atom. The number of methoxy groups -OCH3 is 1. The molecule has 0 aliphatic carbocycles. The van der Waals surface area contributed by atoms with E-state index in [1.54, 1.807) is 18.4 Å². The molecule has 0 N–H and O–H groups in total. The highest BCUT2D eigenvalue weighted by Crippen LogP contribution is 2.38. The summed E-state index contributed by atoms with van der Waals surface area (Å²) in [6.45, 7) is 2.16. The zero-order chi connectivity index (χ0) is 10.7. The third kappa shape index (κ3) is 2.00. The first-order valence-corrected chi connectivity index (χ1v) is 6.10. The molecule has 0 radical (unpaired) electrons. The van der Waals surface area contributed by atoms with Crippen LogP contribution in [-0.2, 0) is 0 Å². The van der Waals surface area contributed by atoms with Crippen LogP contribution in [-0.4, -0.2) is 26.5 Å². The molecule has 1 saturated heterocycles. The van der Waals surface area contributed by atoms with E-state index in [4.69, 9.17) is 4.74 Å². The number of carbonyl (C=O) groups excluding carboxylic acids is 1. The van der Waals surface area contributed by atoms with Crippen molar-refractivity contribution < 1.29 is 9.53 Å². The molecule has 2 rings (SSSR count). The average molecular weight is 225 g/mol. The molecule has 0 saturated carbocycles. The number of hydrogen-bond donors (Lipinski definition) is 0. The Labute approximate surface area is 93.7 Å². The highest BCUT2D eigenvalue weighted by atomic mass is 32.1. The fourth-order valence-electron chi connectivity index (χ4n) is 1.95. The van der Waals surface area contributed by atoms with E-state index in [0.29, 0.717) is 5.56 Å². The molecule has 2 heterocycles. The first-order valence-electron chi connectivity index (χ1n) is 5.22. The van der Waals surface area contributed by atoms with Gasteiger partial charge in [0.15, 0.2) is 12.0 Å². The van der Waals surface area contributed by atoms with Gasteiger partial charge in [-0.25, -0.2) is 0 Å². The van der Waals surface area contributed by atoms with Crippen molar-refractivity contribution >= 4 is 22.6 Å². The van der Waals surface area contributed by atoms with Crippen molar-refractivity contribution in [2.75, 3.05) is 25.1 Å². The van der Waals surface area contributed by atoms with Gasteiger partial charge in [0, 0.05) is 18.5 Å². The van der Waals surface area contributed by atoms with Gasteiger partial charge in [-0.3, -0.25) is 4.79 Å². The Balaban J connectivity index is 2.25. The van der Waals surface area contributed by atoms with Crippen LogP contribution in [0.15, 0.2) is 5.38 Å². The van der Waals surface area contributed by atoms with Crippen LogP contribution in [0.5, 0.6) is 5.75 Å². The van der Waals surface area contributed by atoms with Gasteiger partial charge in [-0.15, -0.1) is 11.3 Å². The fourth-order valence-corrected chi connectivity index (χ4v) is 2.99. The maximum Gasteiger partial charge on any atom is 0.163 e. The van der Waals surface area contributed by atoms with Gasteiger partial charge in [0.2, 0.25) is 0 Å². The van der Waals surface area contributed by atoms with Gasteiger partial charge in [-0.2, -0.15) is 0 Å². The number of piperidine rings is 1. The summed E-state index contributed by atoms with van der Waals surface area (Å²) in [6, 6.07) is 0. The molecule has 82 valence electrons. The molecule has 1 fully saturated rings. The molecule has 1 aliphatic rings. The number of carbonyl (C=O) groups is 1. The van der Waals surface area contributed by atoms with Crippen molar-refractivity contribution in [1.82, 2.24) is 0 Å². The third-order valence-corrected chi connectivity index (χ3v) is 3.77. The fraction of sp³-hybridized carbons (Fsp3) is 0.545. The summed E-state index contributed by atoms with van der Waals surface area (Å²) in [6.07, 6.45) is 4.64. The molecule has 0 aromatic carbocycles. The van der Waals surface area contributed by atoms with Gasteiger partial charge in [0.25, 0.3) is 0 Å². The van der Waals surface area contributed by atoms with E-state index in [-0.39, 0.29) is 0 Å². The lowest BCUT2D eigenvalue weighted by Gasteiger charge is -2.27. The number of nitrogens with zero attached hydrogens (tertiary/aromatic N) is 1. The second kappa shape index (κ2) is 4.66. The molecule has 3 nitrogen and oxygen atoms in total. The second-order valence-electron chi connectivity index (χ2n) is 3.70. The van der Waals surface area contributed by atoms with Gasteiger partial charge < -0.3 is 9.64 Å². The molecular weight excluding hydrogens is 210 g/mol. The van der Waals surface area contributed by atoms with Gasteiger partial charge >= 0.3 is 0 Å². The monoisotopic (exact) mass is 225 g/mol. The van der Waals surface area contributed by atoms with Crippen LogP contribution in [0.25, 0.3) is 0 Å². The minimum atomic E-state index is 0.670. The summed E-state index contributed by atoms with van der Waals surface area (Å²) < 4.78 is 5.30. The van der Waals surface area contributed by atoms with Crippen molar-refractivity contribution in [3.8, 4) is 5.75 Å². The van der Waals surface area contributed by atoms with Crippen molar-refractivity contribution in [3.63, 3.8) is 0 Å². The van der Waals surface area contributed by atoms with E-state index in [2.05, 4.69) is 4.90 Å². The number of ether oxygens (including phenoxy) is 1. The summed E-state index contributed by atoms with van der Waals surface area (Å²) in [5.74, 6) is 0.747. The molecule has 0 spiro atoms. The summed E-state index contributed by atoms with van der Waals surface area (Å²) >= 11 is 1.60. The Morgan fingerprint density at radius 2 is 2.13 bits per heavy atom. The maximum absolute atomic E-state index is 10.8. The Bertz CT molecular complexity index is 342. The van der Waals surface area contributed by atoms with Crippen LogP contribution in [0.2, 0.25) is 0 Å². The summed E-state index contributed by atoms with van der Waals surface area (Å²) in [5.41, 5.74) is 0.670. The smallest absolute Gasteiger partial charge is 0.163 e. The first-order chi connectivity index (χ1) is 7.36. The Morgan fingerprint density at radius 3 is 2.73 bits per heavy atom. The molecule has 4 heteroatoms. The minimum absolute atomic E-state index is 0.670. The molecule has 1 aromatic rings. The van der Waals surface area contributed by atoms with Crippen LogP contribution < -0.4 is 9.64 Å². The predicted molar refractivity (Wildman–Crippen MR) is 62.3 cm³/mol. The van der Waals surface area contributed by atoms with E-state index in [1.165, 1.54) is 19.3 Å². The number of rotatable bonds is 3. The number of aldehydes is 1. The van der Waals surface area contributed by atoms with E-state index in [9.17, 15) is 4.79 Å². The van der Waals surface area contributed by atoms with E-state index >= 15 is 0 Å².